The molecule has 2 aromatic carbocycles. The SMILES string of the molecule is COc1cccc(C2Nc3ccc(S(=O)(=O)N(C)C4CCCCC4)cc3C3C=CCC32)c1O. The van der Waals surface area contributed by atoms with Crippen molar-refractivity contribution in [1.29, 1.82) is 0 Å². The second-order valence-electron chi connectivity index (χ2n) is 9.44. The van der Waals surface area contributed by atoms with Crippen LogP contribution in [-0.4, -0.2) is 38.0 Å². The Bertz CT molecular complexity index is 1170. The summed E-state index contributed by atoms with van der Waals surface area (Å²) in [5, 5.41) is 14.4. The number of para-hydroxylation sites is 1. The molecule has 6 nitrogen and oxygen atoms in total. The van der Waals surface area contributed by atoms with Crippen molar-refractivity contribution in [2.75, 3.05) is 19.5 Å². The quantitative estimate of drug-likeness (QED) is 0.591. The molecule has 1 saturated carbocycles. The monoisotopic (exact) mass is 468 g/mol. The van der Waals surface area contributed by atoms with E-state index in [9.17, 15) is 13.5 Å². The molecule has 3 aliphatic rings. The first-order valence-corrected chi connectivity index (χ1v) is 13.3. The van der Waals surface area contributed by atoms with Crippen LogP contribution in [0.15, 0.2) is 53.4 Å². The van der Waals surface area contributed by atoms with Crippen molar-refractivity contribution in [2.24, 2.45) is 5.92 Å². The molecule has 2 N–H and O–H groups in total. The zero-order chi connectivity index (χ0) is 23.2. The molecular weight excluding hydrogens is 436 g/mol. The van der Waals surface area contributed by atoms with Gasteiger partial charge in [-0.3, -0.25) is 0 Å². The third-order valence-corrected chi connectivity index (χ3v) is 9.59. The number of aromatic hydroxyl groups is 1. The lowest BCUT2D eigenvalue weighted by atomic mass is 9.77. The third-order valence-electron chi connectivity index (χ3n) is 7.69. The number of sulfonamides is 1. The zero-order valence-corrected chi connectivity index (χ0v) is 20.0. The number of nitrogens with zero attached hydrogens (tertiary/aromatic N) is 1. The van der Waals surface area contributed by atoms with E-state index in [0.717, 1.165) is 48.9 Å². The number of hydrogen-bond donors (Lipinski definition) is 2. The molecule has 7 heteroatoms. The minimum atomic E-state index is -3.56. The van der Waals surface area contributed by atoms with Crippen molar-refractivity contribution in [1.82, 2.24) is 4.31 Å². The van der Waals surface area contributed by atoms with Gasteiger partial charge >= 0.3 is 0 Å². The second kappa shape index (κ2) is 8.69. The molecule has 0 aromatic heterocycles. The molecule has 0 amide bonds. The van der Waals surface area contributed by atoms with Crippen LogP contribution in [0.25, 0.3) is 0 Å². The lowest BCUT2D eigenvalue weighted by Gasteiger charge is -2.38. The van der Waals surface area contributed by atoms with Crippen molar-refractivity contribution in [2.45, 2.75) is 61.4 Å². The van der Waals surface area contributed by atoms with E-state index in [4.69, 9.17) is 4.74 Å². The number of methoxy groups -OCH3 is 1. The molecule has 176 valence electrons. The lowest BCUT2D eigenvalue weighted by Crippen LogP contribution is -2.38. The lowest BCUT2D eigenvalue weighted by molar-refractivity contribution is 0.286. The highest BCUT2D eigenvalue weighted by atomic mass is 32.2. The van der Waals surface area contributed by atoms with Crippen LogP contribution in [0.3, 0.4) is 0 Å². The van der Waals surface area contributed by atoms with Crippen LogP contribution >= 0.6 is 0 Å². The Morgan fingerprint density at radius 3 is 2.64 bits per heavy atom. The van der Waals surface area contributed by atoms with Crippen molar-refractivity contribution < 1.29 is 18.3 Å². The number of benzene rings is 2. The third kappa shape index (κ3) is 3.81. The molecule has 0 bridgehead atoms. The minimum Gasteiger partial charge on any atom is -0.504 e. The largest absolute Gasteiger partial charge is 0.504 e. The minimum absolute atomic E-state index is 0.0810. The van der Waals surface area contributed by atoms with Gasteiger partial charge in [-0.1, -0.05) is 43.5 Å². The molecular formula is C26H32N2O4S. The number of fused-ring (bicyclic) bond motifs is 3. The number of hydrogen-bond acceptors (Lipinski definition) is 5. The Balaban J connectivity index is 1.49. The van der Waals surface area contributed by atoms with Gasteiger partial charge in [-0.05, 0) is 55.0 Å². The van der Waals surface area contributed by atoms with Crippen LogP contribution in [0.1, 0.15) is 61.6 Å². The number of anilines is 1. The summed E-state index contributed by atoms with van der Waals surface area (Å²) in [7, 11) is -0.282. The summed E-state index contributed by atoms with van der Waals surface area (Å²) >= 11 is 0. The summed E-state index contributed by atoms with van der Waals surface area (Å²) < 4.78 is 33.8. The van der Waals surface area contributed by atoms with Crippen LogP contribution in [0.5, 0.6) is 11.5 Å². The molecule has 2 aromatic rings. The average Bonchev–Trinajstić information content (AvgIpc) is 3.34. The molecule has 0 spiro atoms. The van der Waals surface area contributed by atoms with Gasteiger partial charge < -0.3 is 15.2 Å². The maximum atomic E-state index is 13.5. The highest BCUT2D eigenvalue weighted by Crippen LogP contribution is 2.52. The van der Waals surface area contributed by atoms with E-state index in [0.29, 0.717) is 10.6 Å². The maximum absolute atomic E-state index is 13.5. The Labute approximate surface area is 196 Å². The van der Waals surface area contributed by atoms with Crippen LogP contribution in [0, 0.1) is 5.92 Å². The molecule has 2 aliphatic carbocycles. The van der Waals surface area contributed by atoms with Gasteiger partial charge in [-0.15, -0.1) is 0 Å². The normalized spacial score (nSPS) is 24.9. The van der Waals surface area contributed by atoms with Gasteiger partial charge in [0.05, 0.1) is 18.0 Å². The molecule has 1 fully saturated rings. The highest BCUT2D eigenvalue weighted by molar-refractivity contribution is 7.89. The number of allylic oxidation sites excluding steroid dienone is 2. The van der Waals surface area contributed by atoms with E-state index in [-0.39, 0.29) is 29.7 Å². The number of phenols is 1. The van der Waals surface area contributed by atoms with Crippen LogP contribution in [-0.2, 0) is 10.0 Å². The Hall–Kier alpha value is -2.51. The fourth-order valence-electron chi connectivity index (χ4n) is 5.80. The first kappa shape index (κ1) is 22.3. The van der Waals surface area contributed by atoms with Gasteiger partial charge in [0.1, 0.15) is 0 Å². The molecule has 0 radical (unpaired) electrons. The number of nitrogens with one attached hydrogen (secondary N) is 1. The second-order valence-corrected chi connectivity index (χ2v) is 11.4. The Morgan fingerprint density at radius 2 is 1.88 bits per heavy atom. The van der Waals surface area contributed by atoms with E-state index < -0.39 is 10.0 Å². The van der Waals surface area contributed by atoms with Crippen molar-refractivity contribution in [3.8, 4) is 11.5 Å². The van der Waals surface area contributed by atoms with Crippen molar-refractivity contribution in [3.05, 3.63) is 59.7 Å². The number of phenolic OH excluding ortho intramolecular Hbond substituents is 1. The van der Waals surface area contributed by atoms with Gasteiger partial charge in [0, 0.05) is 30.3 Å². The molecule has 3 atom stereocenters. The van der Waals surface area contributed by atoms with Gasteiger partial charge in [0.25, 0.3) is 0 Å². The van der Waals surface area contributed by atoms with Gasteiger partial charge in [-0.2, -0.15) is 4.31 Å². The van der Waals surface area contributed by atoms with Crippen LogP contribution < -0.4 is 10.1 Å². The molecule has 1 heterocycles. The Morgan fingerprint density at radius 1 is 1.09 bits per heavy atom. The van der Waals surface area contributed by atoms with Gasteiger partial charge in [0.2, 0.25) is 10.0 Å². The van der Waals surface area contributed by atoms with Crippen molar-refractivity contribution >= 4 is 15.7 Å². The van der Waals surface area contributed by atoms with E-state index in [1.54, 1.807) is 30.6 Å². The number of ether oxygens (including phenoxy) is 1. The summed E-state index contributed by atoms with van der Waals surface area (Å²) in [6.07, 6.45) is 10.4. The predicted octanol–water partition coefficient (Wildman–Crippen LogP) is 5.18. The molecule has 1 aliphatic heterocycles. The summed E-state index contributed by atoms with van der Waals surface area (Å²) in [4.78, 5) is 0.359. The van der Waals surface area contributed by atoms with E-state index in [1.807, 2.05) is 24.3 Å². The fourth-order valence-corrected chi connectivity index (χ4v) is 7.25. The molecule has 0 saturated heterocycles. The number of rotatable bonds is 5. The molecule has 5 rings (SSSR count). The first-order chi connectivity index (χ1) is 15.9. The standard InChI is InChI=1S/C26H32N2O4S/c1-28(17-8-4-3-5-9-17)33(30,31)18-14-15-23-22(16-18)19-10-6-11-20(19)25(27-23)21-12-7-13-24(32-2)26(21)29/h6-7,10,12-17,19-20,25,27,29H,3-5,8-9,11H2,1-2H3. The van der Waals surface area contributed by atoms with Crippen LogP contribution in [0.4, 0.5) is 5.69 Å². The summed E-state index contributed by atoms with van der Waals surface area (Å²) in [5.74, 6) is 0.881. The van der Waals surface area contributed by atoms with Gasteiger partial charge in [-0.25, -0.2) is 8.42 Å². The smallest absolute Gasteiger partial charge is 0.243 e. The maximum Gasteiger partial charge on any atom is 0.243 e. The predicted molar refractivity (Wildman–Crippen MR) is 129 cm³/mol. The summed E-state index contributed by atoms with van der Waals surface area (Å²) in [6, 6.07) is 11.0. The first-order valence-electron chi connectivity index (χ1n) is 11.8. The summed E-state index contributed by atoms with van der Waals surface area (Å²) in [5.41, 5.74) is 2.72. The fraction of sp³-hybridized carbons (Fsp3) is 0.462. The summed E-state index contributed by atoms with van der Waals surface area (Å²) in [6.45, 7) is 0. The van der Waals surface area contributed by atoms with Crippen molar-refractivity contribution in [3.63, 3.8) is 0 Å². The average molecular weight is 469 g/mol. The molecule has 33 heavy (non-hydrogen) atoms. The highest BCUT2D eigenvalue weighted by Gasteiger charge is 2.40. The topological polar surface area (TPSA) is 78.9 Å². The van der Waals surface area contributed by atoms with E-state index >= 15 is 0 Å². The van der Waals surface area contributed by atoms with Crippen LogP contribution in [0.2, 0.25) is 0 Å². The molecule has 3 unspecified atom stereocenters. The zero-order valence-electron chi connectivity index (χ0n) is 19.2. The Kier molecular flexibility index (Phi) is 5.87. The van der Waals surface area contributed by atoms with E-state index in [1.165, 1.54) is 6.42 Å². The van der Waals surface area contributed by atoms with Gasteiger partial charge in [0.15, 0.2) is 11.5 Å². The van der Waals surface area contributed by atoms with E-state index in [2.05, 4.69) is 17.5 Å².